The fourth-order valence-electron chi connectivity index (χ4n) is 1.98. The number of carbonyl (C=O) groups excluding carboxylic acids is 1. The zero-order valence-electron chi connectivity index (χ0n) is 10.9. The van der Waals surface area contributed by atoms with E-state index >= 15 is 0 Å². The van der Waals surface area contributed by atoms with Crippen LogP contribution in [0, 0.1) is 5.92 Å². The van der Waals surface area contributed by atoms with E-state index in [9.17, 15) is 4.79 Å². The molecule has 2 rings (SSSR count). The lowest BCUT2D eigenvalue weighted by atomic mass is 9.96. The van der Waals surface area contributed by atoms with Crippen molar-refractivity contribution in [1.82, 2.24) is 0 Å². The van der Waals surface area contributed by atoms with Gasteiger partial charge in [-0.2, -0.15) is 0 Å². The Kier molecular flexibility index (Phi) is 3.97. The van der Waals surface area contributed by atoms with Crippen molar-refractivity contribution in [2.45, 2.75) is 37.1 Å². The van der Waals surface area contributed by atoms with Crippen molar-refractivity contribution in [3.05, 3.63) is 24.3 Å². The predicted octanol–water partition coefficient (Wildman–Crippen LogP) is 2.86. The minimum atomic E-state index is -0.746. The molecule has 1 fully saturated rings. The summed E-state index contributed by atoms with van der Waals surface area (Å²) in [5.74, 6) is 1.24. The lowest BCUT2D eigenvalue weighted by Crippen LogP contribution is -2.50. The number of hydrogen-bond acceptors (Lipinski definition) is 3. The van der Waals surface area contributed by atoms with E-state index in [1.807, 2.05) is 31.2 Å². The highest BCUT2D eigenvalue weighted by atomic mass is 32.2. The third kappa shape index (κ3) is 2.87. The molecule has 4 heteroatoms. The first-order valence-electron chi connectivity index (χ1n) is 6.38. The summed E-state index contributed by atoms with van der Waals surface area (Å²) in [6.45, 7) is 3.93. The number of hydrogen-bond donors (Lipinski definition) is 2. The molecule has 1 aliphatic carbocycles. The molecule has 1 saturated carbocycles. The molecule has 0 heterocycles. The maximum absolute atomic E-state index is 12.2. The molecule has 18 heavy (non-hydrogen) atoms. The average molecular weight is 264 g/mol. The molecule has 1 atom stereocenters. The maximum Gasteiger partial charge on any atom is 0.244 e. The van der Waals surface area contributed by atoms with Gasteiger partial charge in [-0.25, -0.2) is 0 Å². The first-order chi connectivity index (χ1) is 8.55. The highest BCUT2D eigenvalue weighted by molar-refractivity contribution is 7.99. The summed E-state index contributed by atoms with van der Waals surface area (Å²) in [7, 11) is 0. The van der Waals surface area contributed by atoms with Crippen molar-refractivity contribution in [3.8, 4) is 0 Å². The van der Waals surface area contributed by atoms with Crippen LogP contribution in [0.2, 0.25) is 0 Å². The Morgan fingerprint density at radius 1 is 1.50 bits per heavy atom. The first-order valence-corrected chi connectivity index (χ1v) is 7.36. The molecule has 0 radical (unpaired) electrons. The molecule has 0 aromatic heterocycles. The molecule has 1 aromatic carbocycles. The van der Waals surface area contributed by atoms with Crippen molar-refractivity contribution in [2.75, 3.05) is 11.1 Å². The normalized spacial score (nSPS) is 18.2. The van der Waals surface area contributed by atoms with E-state index in [2.05, 4.69) is 12.2 Å². The van der Waals surface area contributed by atoms with E-state index in [4.69, 9.17) is 5.73 Å². The molecule has 0 bridgehead atoms. The van der Waals surface area contributed by atoms with Gasteiger partial charge in [-0.3, -0.25) is 4.79 Å². The number of nitrogens with one attached hydrogen (secondary N) is 1. The zero-order chi connectivity index (χ0) is 13.2. The summed E-state index contributed by atoms with van der Waals surface area (Å²) < 4.78 is 0. The number of thioether (sulfide) groups is 1. The molecule has 0 saturated heterocycles. The van der Waals surface area contributed by atoms with Crippen LogP contribution < -0.4 is 11.1 Å². The Hall–Kier alpha value is -1.00. The van der Waals surface area contributed by atoms with Gasteiger partial charge >= 0.3 is 0 Å². The minimum Gasteiger partial charge on any atom is -0.323 e. The molecule has 0 spiro atoms. The van der Waals surface area contributed by atoms with Crippen LogP contribution in [0.15, 0.2) is 29.2 Å². The van der Waals surface area contributed by atoms with Crippen molar-refractivity contribution in [1.29, 1.82) is 0 Å². The molecular formula is C14H20N2OS. The van der Waals surface area contributed by atoms with Crippen molar-refractivity contribution in [3.63, 3.8) is 0 Å². The Labute approximate surface area is 113 Å². The SMILES string of the molecule is CCSc1ccccc1NC(=O)C(C)(N)C1CC1. The second kappa shape index (κ2) is 5.33. The Morgan fingerprint density at radius 3 is 2.78 bits per heavy atom. The molecule has 3 N–H and O–H groups in total. The van der Waals surface area contributed by atoms with Gasteiger partial charge in [0.1, 0.15) is 0 Å². The van der Waals surface area contributed by atoms with Crippen LogP contribution in [0.25, 0.3) is 0 Å². The summed E-state index contributed by atoms with van der Waals surface area (Å²) in [6, 6.07) is 7.87. The number of amides is 1. The van der Waals surface area contributed by atoms with E-state index in [1.54, 1.807) is 11.8 Å². The van der Waals surface area contributed by atoms with E-state index in [0.717, 1.165) is 29.2 Å². The average Bonchev–Trinajstić information content (AvgIpc) is 3.16. The third-order valence-electron chi connectivity index (χ3n) is 3.35. The number of rotatable bonds is 5. The van der Waals surface area contributed by atoms with Crippen LogP contribution in [-0.4, -0.2) is 17.2 Å². The monoisotopic (exact) mass is 264 g/mol. The second-order valence-corrected chi connectivity index (χ2v) is 6.25. The fourth-order valence-corrected chi connectivity index (χ4v) is 2.74. The zero-order valence-corrected chi connectivity index (χ0v) is 11.7. The fraction of sp³-hybridized carbons (Fsp3) is 0.500. The summed E-state index contributed by atoms with van der Waals surface area (Å²) in [4.78, 5) is 13.3. The highest BCUT2D eigenvalue weighted by Crippen LogP contribution is 2.39. The highest BCUT2D eigenvalue weighted by Gasteiger charge is 2.44. The summed E-state index contributed by atoms with van der Waals surface area (Å²) >= 11 is 1.72. The molecule has 1 unspecified atom stereocenters. The smallest absolute Gasteiger partial charge is 0.244 e. The first kappa shape index (κ1) is 13.4. The van der Waals surface area contributed by atoms with Gasteiger partial charge in [0.05, 0.1) is 11.2 Å². The summed E-state index contributed by atoms with van der Waals surface area (Å²) in [5.41, 5.74) is 6.24. The van der Waals surface area contributed by atoms with Gasteiger partial charge in [-0.05, 0) is 43.6 Å². The van der Waals surface area contributed by atoms with E-state index in [1.165, 1.54) is 0 Å². The van der Waals surface area contributed by atoms with Gasteiger partial charge in [0.2, 0.25) is 5.91 Å². The maximum atomic E-state index is 12.2. The van der Waals surface area contributed by atoms with E-state index in [-0.39, 0.29) is 5.91 Å². The van der Waals surface area contributed by atoms with Gasteiger partial charge < -0.3 is 11.1 Å². The molecule has 1 aromatic rings. The summed E-state index contributed by atoms with van der Waals surface area (Å²) in [6.07, 6.45) is 2.12. The molecule has 3 nitrogen and oxygen atoms in total. The largest absolute Gasteiger partial charge is 0.323 e. The van der Waals surface area contributed by atoms with Gasteiger partial charge in [0, 0.05) is 4.90 Å². The van der Waals surface area contributed by atoms with Crippen molar-refractivity contribution < 1.29 is 4.79 Å². The van der Waals surface area contributed by atoms with Crippen LogP contribution in [0.4, 0.5) is 5.69 Å². The van der Waals surface area contributed by atoms with Crippen LogP contribution in [0.3, 0.4) is 0 Å². The number of para-hydroxylation sites is 1. The number of carbonyl (C=O) groups is 1. The van der Waals surface area contributed by atoms with Crippen molar-refractivity contribution >= 4 is 23.4 Å². The lowest BCUT2D eigenvalue weighted by Gasteiger charge is -2.23. The van der Waals surface area contributed by atoms with Crippen LogP contribution in [0.1, 0.15) is 26.7 Å². The molecule has 1 amide bonds. The van der Waals surface area contributed by atoms with Gasteiger partial charge in [-0.1, -0.05) is 19.1 Å². The lowest BCUT2D eigenvalue weighted by molar-refractivity contribution is -0.121. The standard InChI is InChI=1S/C14H20N2OS/c1-3-18-12-7-5-4-6-11(12)16-13(17)14(2,15)10-8-9-10/h4-7,10H,3,8-9,15H2,1-2H3,(H,16,17). The van der Waals surface area contributed by atoms with Crippen LogP contribution in [-0.2, 0) is 4.79 Å². The predicted molar refractivity (Wildman–Crippen MR) is 76.8 cm³/mol. The topological polar surface area (TPSA) is 55.1 Å². The van der Waals surface area contributed by atoms with E-state index in [0.29, 0.717) is 5.92 Å². The van der Waals surface area contributed by atoms with Crippen LogP contribution in [0.5, 0.6) is 0 Å². The van der Waals surface area contributed by atoms with Crippen molar-refractivity contribution in [2.24, 2.45) is 11.7 Å². The van der Waals surface area contributed by atoms with Gasteiger partial charge in [-0.15, -0.1) is 11.8 Å². The minimum absolute atomic E-state index is 0.0749. The van der Waals surface area contributed by atoms with Crippen LogP contribution >= 0.6 is 11.8 Å². The van der Waals surface area contributed by atoms with Gasteiger partial charge in [0.25, 0.3) is 0 Å². The molecule has 1 aliphatic rings. The van der Waals surface area contributed by atoms with E-state index < -0.39 is 5.54 Å². The number of anilines is 1. The molecular weight excluding hydrogens is 244 g/mol. The second-order valence-electron chi connectivity index (χ2n) is 4.94. The Balaban J connectivity index is 2.11. The molecule has 0 aliphatic heterocycles. The quantitative estimate of drug-likeness (QED) is 0.804. The summed E-state index contributed by atoms with van der Waals surface area (Å²) in [5, 5.41) is 2.97. The van der Waals surface area contributed by atoms with Gasteiger partial charge in [0.15, 0.2) is 0 Å². The Bertz CT molecular complexity index is 441. The number of benzene rings is 1. The Morgan fingerprint density at radius 2 is 2.17 bits per heavy atom. The number of nitrogens with two attached hydrogens (primary N) is 1. The molecule has 98 valence electrons. The third-order valence-corrected chi connectivity index (χ3v) is 4.31.